The fraction of sp³-hybridized carbons (Fsp3) is 0.538. The molecule has 2 heteroatoms. The van der Waals surface area contributed by atoms with Gasteiger partial charge in [0.2, 0.25) is 0 Å². The van der Waals surface area contributed by atoms with Crippen molar-refractivity contribution < 1.29 is 0 Å². The van der Waals surface area contributed by atoms with Gasteiger partial charge in [0.15, 0.2) is 0 Å². The van der Waals surface area contributed by atoms with E-state index >= 15 is 0 Å². The van der Waals surface area contributed by atoms with E-state index in [1.54, 1.807) is 0 Å². The number of hydrogen-bond acceptors (Lipinski definition) is 2. The lowest BCUT2D eigenvalue weighted by Gasteiger charge is -2.15. The lowest BCUT2D eigenvalue weighted by Crippen LogP contribution is -2.20. The van der Waals surface area contributed by atoms with Crippen molar-refractivity contribution in [2.75, 3.05) is 13.6 Å². The molecule has 0 aromatic heterocycles. The zero-order valence-corrected chi connectivity index (χ0v) is 10.9. The van der Waals surface area contributed by atoms with Gasteiger partial charge in [0.1, 0.15) is 0 Å². The summed E-state index contributed by atoms with van der Waals surface area (Å²) in [4.78, 5) is 1.43. The van der Waals surface area contributed by atoms with Gasteiger partial charge >= 0.3 is 0 Å². The topological polar surface area (TPSA) is 12.0 Å². The van der Waals surface area contributed by atoms with Gasteiger partial charge in [0.05, 0.1) is 0 Å². The molecule has 0 aliphatic heterocycles. The highest BCUT2D eigenvalue weighted by atomic mass is 32.2. The molecule has 0 heterocycles. The van der Waals surface area contributed by atoms with Gasteiger partial charge < -0.3 is 5.32 Å². The summed E-state index contributed by atoms with van der Waals surface area (Å²) >= 11 is 1.99. The Labute approximate surface area is 97.7 Å². The molecule has 0 spiro atoms. The van der Waals surface area contributed by atoms with Crippen molar-refractivity contribution in [3.8, 4) is 0 Å². The Hall–Kier alpha value is -0.470. The van der Waals surface area contributed by atoms with Gasteiger partial charge in [-0.2, -0.15) is 0 Å². The quantitative estimate of drug-likeness (QED) is 0.768. The first kappa shape index (κ1) is 12.6. The normalized spacial score (nSPS) is 12.8. The van der Waals surface area contributed by atoms with Crippen LogP contribution in [0.5, 0.6) is 0 Å². The van der Waals surface area contributed by atoms with Crippen LogP contribution in [0.15, 0.2) is 23.1 Å². The maximum atomic E-state index is 3.25. The van der Waals surface area contributed by atoms with E-state index in [1.807, 2.05) is 18.8 Å². The number of nitrogens with one attached hydrogen (secondary N) is 1. The number of aryl methyl sites for hydroxylation is 2. The first-order chi connectivity index (χ1) is 7.17. The summed E-state index contributed by atoms with van der Waals surface area (Å²) in [5.41, 5.74) is 2.74. The zero-order valence-electron chi connectivity index (χ0n) is 10.1. The highest BCUT2D eigenvalue weighted by molar-refractivity contribution is 8.00. The molecule has 1 aromatic rings. The fourth-order valence-electron chi connectivity index (χ4n) is 1.51. The Bertz CT molecular complexity index is 309. The number of hydrogen-bond donors (Lipinski definition) is 1. The van der Waals surface area contributed by atoms with Gasteiger partial charge in [0.25, 0.3) is 0 Å². The number of thioether (sulfide) groups is 1. The van der Waals surface area contributed by atoms with Crippen LogP contribution in [0.4, 0.5) is 0 Å². The summed E-state index contributed by atoms with van der Waals surface area (Å²) in [6, 6.07) is 6.68. The van der Waals surface area contributed by atoms with E-state index in [0.29, 0.717) is 5.25 Å². The predicted octanol–water partition coefficient (Wildman–Crippen LogP) is 3.39. The van der Waals surface area contributed by atoms with Crippen molar-refractivity contribution in [3.63, 3.8) is 0 Å². The van der Waals surface area contributed by atoms with Crippen molar-refractivity contribution in [2.24, 2.45) is 0 Å². The third-order valence-corrected chi connectivity index (χ3v) is 4.05. The van der Waals surface area contributed by atoms with Gasteiger partial charge in [0, 0.05) is 16.7 Å². The second-order valence-corrected chi connectivity index (χ2v) is 5.32. The Balaban J connectivity index is 2.73. The van der Waals surface area contributed by atoms with Crippen molar-refractivity contribution in [2.45, 2.75) is 37.3 Å². The van der Waals surface area contributed by atoms with Crippen molar-refractivity contribution in [3.05, 3.63) is 29.3 Å². The molecule has 15 heavy (non-hydrogen) atoms. The molecule has 0 radical (unpaired) electrons. The van der Waals surface area contributed by atoms with Gasteiger partial charge in [-0.15, -0.1) is 11.8 Å². The largest absolute Gasteiger partial charge is 0.319 e. The van der Waals surface area contributed by atoms with E-state index < -0.39 is 0 Å². The maximum Gasteiger partial charge on any atom is 0.0217 e. The Morgan fingerprint density at radius 2 is 2.07 bits per heavy atom. The van der Waals surface area contributed by atoms with E-state index in [2.05, 4.69) is 44.3 Å². The summed E-state index contributed by atoms with van der Waals surface area (Å²) in [6.07, 6.45) is 1.21. The third-order valence-electron chi connectivity index (χ3n) is 2.52. The first-order valence-corrected chi connectivity index (χ1v) is 6.43. The highest BCUT2D eigenvalue weighted by Crippen LogP contribution is 2.28. The van der Waals surface area contributed by atoms with E-state index in [9.17, 15) is 0 Å². The van der Waals surface area contributed by atoms with Crippen molar-refractivity contribution in [1.82, 2.24) is 5.32 Å². The van der Waals surface area contributed by atoms with E-state index in [4.69, 9.17) is 0 Å². The Morgan fingerprint density at radius 1 is 1.33 bits per heavy atom. The van der Waals surface area contributed by atoms with Crippen molar-refractivity contribution >= 4 is 11.8 Å². The average Bonchev–Trinajstić information content (AvgIpc) is 2.22. The zero-order chi connectivity index (χ0) is 11.3. The lowest BCUT2D eigenvalue weighted by atomic mass is 10.2. The molecule has 0 aliphatic carbocycles. The minimum Gasteiger partial charge on any atom is -0.319 e. The average molecular weight is 223 g/mol. The standard InChI is InChI=1S/C13H21NS/c1-5-12(9-14-4)15-13-8-10(2)6-7-11(13)3/h6-8,12,14H,5,9H2,1-4H3. The lowest BCUT2D eigenvalue weighted by molar-refractivity contribution is 0.726. The fourth-order valence-corrected chi connectivity index (χ4v) is 2.79. The molecule has 1 aromatic carbocycles. The minimum atomic E-state index is 0.676. The van der Waals surface area contributed by atoms with Crippen LogP contribution in [0, 0.1) is 13.8 Å². The van der Waals surface area contributed by atoms with Gasteiger partial charge in [-0.25, -0.2) is 0 Å². The molecule has 1 unspecified atom stereocenters. The summed E-state index contributed by atoms with van der Waals surface area (Å²) in [5.74, 6) is 0. The minimum absolute atomic E-state index is 0.676. The van der Waals surface area contributed by atoms with Gasteiger partial charge in [-0.05, 0) is 38.9 Å². The molecule has 1 nitrogen and oxygen atoms in total. The Kier molecular flexibility index (Phi) is 5.20. The van der Waals surface area contributed by atoms with Crippen LogP contribution in [0.3, 0.4) is 0 Å². The van der Waals surface area contributed by atoms with Gasteiger partial charge in [-0.3, -0.25) is 0 Å². The number of rotatable bonds is 5. The second-order valence-electron chi connectivity index (χ2n) is 3.97. The molecule has 0 amide bonds. The van der Waals surface area contributed by atoms with E-state index in [0.717, 1.165) is 6.54 Å². The van der Waals surface area contributed by atoms with Crippen LogP contribution in [-0.4, -0.2) is 18.8 Å². The van der Waals surface area contributed by atoms with Crippen molar-refractivity contribution in [1.29, 1.82) is 0 Å². The molecule has 0 aliphatic rings. The third kappa shape index (κ3) is 3.88. The second kappa shape index (κ2) is 6.19. The Morgan fingerprint density at radius 3 is 2.67 bits per heavy atom. The molecule has 0 fully saturated rings. The van der Waals surface area contributed by atoms with Crippen LogP contribution in [0.25, 0.3) is 0 Å². The smallest absolute Gasteiger partial charge is 0.0217 e. The molecule has 84 valence electrons. The summed E-state index contributed by atoms with van der Waals surface area (Å²) in [5, 5.41) is 3.93. The van der Waals surface area contributed by atoms with E-state index in [1.165, 1.54) is 22.4 Å². The molecule has 1 N–H and O–H groups in total. The molecule has 1 atom stereocenters. The van der Waals surface area contributed by atoms with E-state index in [-0.39, 0.29) is 0 Å². The van der Waals surface area contributed by atoms with Gasteiger partial charge in [-0.1, -0.05) is 24.6 Å². The van der Waals surface area contributed by atoms with Crippen LogP contribution < -0.4 is 5.32 Å². The SMILES string of the molecule is CCC(CNC)Sc1cc(C)ccc1C. The molecule has 1 rings (SSSR count). The van der Waals surface area contributed by atoms with Crippen LogP contribution in [0.2, 0.25) is 0 Å². The molecule has 0 bridgehead atoms. The predicted molar refractivity (Wildman–Crippen MR) is 69.8 cm³/mol. The summed E-state index contributed by atoms with van der Waals surface area (Å²) in [7, 11) is 2.02. The summed E-state index contributed by atoms with van der Waals surface area (Å²) < 4.78 is 0. The molecule has 0 saturated carbocycles. The van der Waals surface area contributed by atoms with Crippen LogP contribution in [0.1, 0.15) is 24.5 Å². The summed E-state index contributed by atoms with van der Waals surface area (Å²) in [6.45, 7) is 7.67. The highest BCUT2D eigenvalue weighted by Gasteiger charge is 2.08. The monoisotopic (exact) mass is 223 g/mol. The van der Waals surface area contributed by atoms with Crippen LogP contribution >= 0.6 is 11.8 Å². The molecular weight excluding hydrogens is 202 g/mol. The molecule has 0 saturated heterocycles. The maximum absolute atomic E-state index is 3.25. The number of benzene rings is 1. The van der Waals surface area contributed by atoms with Crippen LogP contribution in [-0.2, 0) is 0 Å². The molecular formula is C13H21NS. The first-order valence-electron chi connectivity index (χ1n) is 5.56.